The number of amides is 1. The normalized spacial score (nSPS) is 24.6. The van der Waals surface area contributed by atoms with Gasteiger partial charge in [-0.25, -0.2) is 9.18 Å². The van der Waals surface area contributed by atoms with Crippen molar-refractivity contribution in [2.24, 2.45) is 5.92 Å². The Kier molecular flexibility index (Phi) is 5.37. The summed E-state index contributed by atoms with van der Waals surface area (Å²) in [5, 5.41) is 0. The van der Waals surface area contributed by atoms with Gasteiger partial charge in [0.2, 0.25) is 0 Å². The lowest BCUT2D eigenvalue weighted by Crippen LogP contribution is -2.47. The topological polar surface area (TPSA) is 72.9 Å². The fraction of sp³-hybridized carbons (Fsp3) is 0.917. The summed E-state index contributed by atoms with van der Waals surface area (Å²) in [6.07, 6.45) is -0.605. The van der Waals surface area contributed by atoms with Gasteiger partial charge >= 0.3 is 6.09 Å². The molecule has 6 nitrogen and oxygen atoms in total. The second-order valence-electron chi connectivity index (χ2n) is 5.98. The number of ether oxygens (including phenoxy) is 1. The van der Waals surface area contributed by atoms with E-state index in [2.05, 4.69) is 4.18 Å². The lowest BCUT2D eigenvalue weighted by Gasteiger charge is -2.35. The first-order valence-corrected chi connectivity index (χ1v) is 8.26. The number of likely N-dealkylation sites (tertiary alicyclic amines) is 1. The smallest absolute Gasteiger partial charge is 0.410 e. The Labute approximate surface area is 119 Å². The Bertz CT molecular complexity index is 445. The predicted octanol–water partition coefficient (Wildman–Crippen LogP) is 1.56. The van der Waals surface area contributed by atoms with Crippen LogP contribution in [0.4, 0.5) is 9.18 Å². The first-order chi connectivity index (χ1) is 8.98. The summed E-state index contributed by atoms with van der Waals surface area (Å²) in [5.74, 6) is -0.525. The molecule has 1 fully saturated rings. The lowest BCUT2D eigenvalue weighted by molar-refractivity contribution is 0.000697. The van der Waals surface area contributed by atoms with Crippen molar-refractivity contribution in [1.82, 2.24) is 4.90 Å². The van der Waals surface area contributed by atoms with Crippen molar-refractivity contribution in [3.05, 3.63) is 0 Å². The third kappa shape index (κ3) is 6.04. The van der Waals surface area contributed by atoms with Crippen molar-refractivity contribution in [2.75, 3.05) is 26.0 Å². The minimum Gasteiger partial charge on any atom is -0.444 e. The second-order valence-corrected chi connectivity index (χ2v) is 7.62. The van der Waals surface area contributed by atoms with Crippen molar-refractivity contribution in [3.63, 3.8) is 0 Å². The van der Waals surface area contributed by atoms with Crippen molar-refractivity contribution < 1.29 is 26.5 Å². The van der Waals surface area contributed by atoms with E-state index in [-0.39, 0.29) is 13.2 Å². The summed E-state index contributed by atoms with van der Waals surface area (Å²) in [4.78, 5) is 13.1. The molecular weight excluding hydrogens is 289 g/mol. The summed E-state index contributed by atoms with van der Waals surface area (Å²) < 4.78 is 45.5. The van der Waals surface area contributed by atoms with E-state index in [9.17, 15) is 17.6 Å². The summed E-state index contributed by atoms with van der Waals surface area (Å²) in [7, 11) is -3.57. The highest BCUT2D eigenvalue weighted by Crippen LogP contribution is 2.23. The molecule has 1 rings (SSSR count). The van der Waals surface area contributed by atoms with E-state index in [0.29, 0.717) is 13.0 Å². The quantitative estimate of drug-likeness (QED) is 0.740. The zero-order valence-electron chi connectivity index (χ0n) is 12.3. The van der Waals surface area contributed by atoms with Crippen LogP contribution in [0.15, 0.2) is 0 Å². The highest BCUT2D eigenvalue weighted by Gasteiger charge is 2.34. The van der Waals surface area contributed by atoms with Crippen molar-refractivity contribution in [1.29, 1.82) is 0 Å². The highest BCUT2D eigenvalue weighted by molar-refractivity contribution is 7.85. The van der Waals surface area contributed by atoms with Crippen LogP contribution in [0, 0.1) is 5.92 Å². The van der Waals surface area contributed by atoms with Gasteiger partial charge in [0, 0.05) is 12.5 Å². The van der Waals surface area contributed by atoms with E-state index in [1.807, 2.05) is 0 Å². The maximum absolute atomic E-state index is 13.9. The number of hydrogen-bond acceptors (Lipinski definition) is 5. The fourth-order valence-electron chi connectivity index (χ4n) is 1.84. The average Bonchev–Trinajstić information content (AvgIpc) is 2.23. The molecule has 0 aromatic carbocycles. The molecule has 20 heavy (non-hydrogen) atoms. The van der Waals surface area contributed by atoms with Gasteiger partial charge in [-0.1, -0.05) is 0 Å². The number of piperidine rings is 1. The summed E-state index contributed by atoms with van der Waals surface area (Å²) in [6.45, 7) is 5.25. The van der Waals surface area contributed by atoms with E-state index in [4.69, 9.17) is 4.74 Å². The van der Waals surface area contributed by atoms with E-state index in [0.717, 1.165) is 6.26 Å². The number of hydrogen-bond donors (Lipinski definition) is 0. The molecule has 0 aromatic heterocycles. The SMILES string of the molecule is CC(C)(C)OC(=O)N1CC[C@@H](COS(C)(=O)=O)[C@H](F)C1. The van der Waals surface area contributed by atoms with Gasteiger partial charge in [0.1, 0.15) is 11.8 Å². The van der Waals surface area contributed by atoms with Gasteiger partial charge in [0.25, 0.3) is 10.1 Å². The van der Waals surface area contributed by atoms with Crippen LogP contribution in [-0.4, -0.2) is 57.1 Å². The molecule has 1 amide bonds. The van der Waals surface area contributed by atoms with Crippen LogP contribution in [0.3, 0.4) is 0 Å². The number of carbonyl (C=O) groups excluding carboxylic acids is 1. The predicted molar refractivity (Wildman–Crippen MR) is 71.6 cm³/mol. The Morgan fingerprint density at radius 3 is 2.45 bits per heavy atom. The van der Waals surface area contributed by atoms with Crippen molar-refractivity contribution in [2.45, 2.75) is 39.0 Å². The van der Waals surface area contributed by atoms with Gasteiger partial charge in [-0.15, -0.1) is 0 Å². The molecule has 0 aromatic rings. The standard InChI is InChI=1S/C12H22FNO5S/c1-12(2,3)19-11(15)14-6-5-9(10(13)7-14)8-18-20(4,16)17/h9-10H,5-8H2,1-4H3/t9-,10+/m0/s1. The number of nitrogens with zero attached hydrogens (tertiary/aromatic N) is 1. The zero-order valence-corrected chi connectivity index (χ0v) is 13.1. The molecule has 0 radical (unpaired) electrons. The molecule has 0 aliphatic carbocycles. The van der Waals surface area contributed by atoms with E-state index in [1.165, 1.54) is 4.90 Å². The number of rotatable bonds is 3. The molecule has 0 N–H and O–H groups in total. The molecule has 0 spiro atoms. The Morgan fingerprint density at radius 1 is 1.40 bits per heavy atom. The Balaban J connectivity index is 2.49. The molecule has 1 aliphatic heterocycles. The van der Waals surface area contributed by atoms with E-state index < -0.39 is 33.9 Å². The molecule has 118 valence electrons. The number of halogens is 1. The molecule has 0 bridgehead atoms. The van der Waals surface area contributed by atoms with Crippen LogP contribution in [-0.2, 0) is 19.0 Å². The third-order valence-corrected chi connectivity index (χ3v) is 3.39. The average molecular weight is 311 g/mol. The third-order valence-electron chi connectivity index (χ3n) is 2.82. The fourth-order valence-corrected chi connectivity index (χ4v) is 2.27. The Morgan fingerprint density at radius 2 is 2.00 bits per heavy atom. The van der Waals surface area contributed by atoms with Crippen LogP contribution < -0.4 is 0 Å². The van der Waals surface area contributed by atoms with E-state index >= 15 is 0 Å². The van der Waals surface area contributed by atoms with Crippen LogP contribution >= 0.6 is 0 Å². The zero-order chi connectivity index (χ0) is 15.6. The molecular formula is C12H22FNO5S. The van der Waals surface area contributed by atoms with Crippen LogP contribution in [0.1, 0.15) is 27.2 Å². The minimum atomic E-state index is -3.57. The van der Waals surface area contributed by atoms with Crippen LogP contribution in [0.2, 0.25) is 0 Å². The molecule has 8 heteroatoms. The molecule has 1 heterocycles. The van der Waals surface area contributed by atoms with E-state index in [1.54, 1.807) is 20.8 Å². The molecule has 2 atom stereocenters. The number of alkyl halides is 1. The van der Waals surface area contributed by atoms with Gasteiger partial charge in [-0.3, -0.25) is 4.18 Å². The first kappa shape index (κ1) is 17.2. The van der Waals surface area contributed by atoms with Crippen molar-refractivity contribution >= 4 is 16.2 Å². The summed E-state index contributed by atoms with van der Waals surface area (Å²) >= 11 is 0. The van der Waals surface area contributed by atoms with Gasteiger partial charge in [-0.05, 0) is 27.2 Å². The molecule has 1 aliphatic rings. The van der Waals surface area contributed by atoms with Crippen LogP contribution in [0.5, 0.6) is 0 Å². The molecule has 0 saturated carbocycles. The molecule has 1 saturated heterocycles. The second kappa shape index (κ2) is 6.26. The molecule has 0 unspecified atom stereocenters. The van der Waals surface area contributed by atoms with Gasteiger partial charge in [0.15, 0.2) is 0 Å². The van der Waals surface area contributed by atoms with Gasteiger partial charge < -0.3 is 9.64 Å². The maximum Gasteiger partial charge on any atom is 0.410 e. The highest BCUT2D eigenvalue weighted by atomic mass is 32.2. The lowest BCUT2D eigenvalue weighted by atomic mass is 9.96. The Hall–Kier alpha value is -0.890. The minimum absolute atomic E-state index is 0.104. The monoisotopic (exact) mass is 311 g/mol. The van der Waals surface area contributed by atoms with Gasteiger partial charge in [0.05, 0.1) is 19.4 Å². The number of carbonyl (C=O) groups is 1. The maximum atomic E-state index is 13.9. The van der Waals surface area contributed by atoms with Crippen molar-refractivity contribution in [3.8, 4) is 0 Å². The first-order valence-electron chi connectivity index (χ1n) is 6.44. The summed E-state index contributed by atoms with van der Waals surface area (Å²) in [5.41, 5.74) is -0.626. The van der Waals surface area contributed by atoms with Gasteiger partial charge in [-0.2, -0.15) is 8.42 Å². The summed E-state index contributed by atoms with van der Waals surface area (Å²) in [6, 6.07) is 0. The largest absolute Gasteiger partial charge is 0.444 e. The van der Waals surface area contributed by atoms with Crippen LogP contribution in [0.25, 0.3) is 0 Å².